The normalized spacial score (nSPS) is 20.0. The molecule has 7 nitrogen and oxygen atoms in total. The van der Waals surface area contributed by atoms with Gasteiger partial charge in [-0.25, -0.2) is 8.42 Å². The van der Waals surface area contributed by atoms with Gasteiger partial charge in [0.15, 0.2) is 6.29 Å². The highest BCUT2D eigenvalue weighted by Gasteiger charge is 2.32. The molecule has 0 atom stereocenters. The minimum absolute atomic E-state index is 0.133. The van der Waals surface area contributed by atoms with Crippen LogP contribution in [0.4, 0.5) is 0 Å². The van der Waals surface area contributed by atoms with Gasteiger partial charge in [-0.15, -0.1) is 0 Å². The molecule has 2 heterocycles. The van der Waals surface area contributed by atoms with Crippen LogP contribution in [0.15, 0.2) is 29.2 Å². The Bertz CT molecular complexity index is 766. The maximum absolute atomic E-state index is 12.9. The van der Waals surface area contributed by atoms with Crippen LogP contribution in [-0.2, 0) is 19.5 Å². The lowest BCUT2D eigenvalue weighted by Crippen LogP contribution is -2.41. The van der Waals surface area contributed by atoms with E-state index in [2.05, 4.69) is 0 Å². The van der Waals surface area contributed by atoms with Crippen molar-refractivity contribution in [2.24, 2.45) is 5.92 Å². The number of piperidine rings is 1. The Balaban J connectivity index is 1.69. The Labute approximate surface area is 161 Å². The highest BCUT2D eigenvalue weighted by Crippen LogP contribution is 2.27. The molecule has 0 radical (unpaired) electrons. The summed E-state index contributed by atoms with van der Waals surface area (Å²) in [4.78, 5) is 14.8. The average Bonchev–Trinajstić information content (AvgIpc) is 3.21. The Morgan fingerprint density at radius 1 is 1.19 bits per heavy atom. The Hall–Kier alpha value is -1.48. The zero-order chi connectivity index (χ0) is 19.6. The number of rotatable bonds is 5. The van der Waals surface area contributed by atoms with Crippen molar-refractivity contribution in [2.75, 3.05) is 33.4 Å². The van der Waals surface area contributed by atoms with Gasteiger partial charge in [0.1, 0.15) is 0 Å². The largest absolute Gasteiger partial charge is 0.350 e. The molecule has 2 aliphatic rings. The van der Waals surface area contributed by atoms with Crippen LogP contribution in [0.5, 0.6) is 0 Å². The van der Waals surface area contributed by atoms with Crippen molar-refractivity contribution in [2.45, 2.75) is 43.9 Å². The van der Waals surface area contributed by atoms with Gasteiger partial charge in [0.25, 0.3) is 5.91 Å². The van der Waals surface area contributed by atoms with Crippen LogP contribution in [0.2, 0.25) is 0 Å². The molecule has 0 aromatic heterocycles. The summed E-state index contributed by atoms with van der Waals surface area (Å²) in [5.74, 6) is 0.175. The summed E-state index contributed by atoms with van der Waals surface area (Å²) in [6, 6.07) is 6.15. The monoisotopic (exact) mass is 396 g/mol. The lowest BCUT2D eigenvalue weighted by molar-refractivity contribution is -0.0956. The van der Waals surface area contributed by atoms with Crippen LogP contribution in [0.1, 0.15) is 37.0 Å². The smallest absolute Gasteiger partial charge is 0.253 e. The van der Waals surface area contributed by atoms with E-state index in [0.717, 1.165) is 12.8 Å². The molecule has 2 aliphatic heterocycles. The zero-order valence-electron chi connectivity index (χ0n) is 16.1. The second-order valence-electron chi connectivity index (χ2n) is 7.38. The van der Waals surface area contributed by atoms with E-state index >= 15 is 0 Å². The van der Waals surface area contributed by atoms with E-state index in [1.54, 1.807) is 24.1 Å². The molecule has 0 saturated carbocycles. The minimum atomic E-state index is -3.62. The van der Waals surface area contributed by atoms with Gasteiger partial charge in [-0.1, -0.05) is 6.07 Å². The van der Waals surface area contributed by atoms with Crippen molar-refractivity contribution in [3.05, 3.63) is 29.8 Å². The van der Waals surface area contributed by atoms with E-state index < -0.39 is 10.0 Å². The lowest BCUT2D eigenvalue weighted by atomic mass is 9.95. The molecule has 2 saturated heterocycles. The third kappa shape index (κ3) is 4.34. The highest BCUT2D eigenvalue weighted by molar-refractivity contribution is 7.89. The fourth-order valence-corrected chi connectivity index (χ4v) is 4.85. The number of ether oxygens (including phenoxy) is 2. The van der Waals surface area contributed by atoms with Crippen molar-refractivity contribution in [3.63, 3.8) is 0 Å². The standard InChI is InChI=1S/C19H28N2O5S/c1-14(2)20(3)27(23,24)17-6-4-5-16(13-17)18(22)21-9-7-15(8-10-21)19-25-11-12-26-19/h4-6,13-15,19H,7-12H2,1-3H3. The summed E-state index contributed by atoms with van der Waals surface area (Å²) in [6.45, 7) is 6.14. The molecule has 0 aliphatic carbocycles. The van der Waals surface area contributed by atoms with Crippen molar-refractivity contribution in [3.8, 4) is 0 Å². The molecule has 1 amide bonds. The molecular formula is C19H28N2O5S. The lowest BCUT2D eigenvalue weighted by Gasteiger charge is -2.34. The fourth-order valence-electron chi connectivity index (χ4n) is 3.44. The van der Waals surface area contributed by atoms with E-state index in [1.807, 2.05) is 13.8 Å². The van der Waals surface area contributed by atoms with Gasteiger partial charge in [-0.3, -0.25) is 4.79 Å². The Kier molecular flexibility index (Phi) is 6.20. The van der Waals surface area contributed by atoms with Crippen LogP contribution < -0.4 is 0 Å². The SMILES string of the molecule is CC(C)N(C)S(=O)(=O)c1cccc(C(=O)N2CCC(C3OCCO3)CC2)c1. The molecule has 1 aromatic carbocycles. The first-order chi connectivity index (χ1) is 12.8. The third-order valence-corrected chi connectivity index (χ3v) is 7.37. The van der Waals surface area contributed by atoms with E-state index in [1.165, 1.54) is 16.4 Å². The molecule has 1 aromatic rings. The van der Waals surface area contributed by atoms with Crippen LogP contribution in [0.3, 0.4) is 0 Å². The molecule has 0 N–H and O–H groups in total. The number of amides is 1. The fraction of sp³-hybridized carbons (Fsp3) is 0.632. The molecule has 3 rings (SSSR count). The summed E-state index contributed by atoms with van der Waals surface area (Å²) in [7, 11) is -2.07. The first-order valence-electron chi connectivity index (χ1n) is 9.41. The molecule has 27 heavy (non-hydrogen) atoms. The van der Waals surface area contributed by atoms with Crippen molar-refractivity contribution < 1.29 is 22.7 Å². The summed E-state index contributed by atoms with van der Waals surface area (Å²) in [5.41, 5.74) is 0.403. The van der Waals surface area contributed by atoms with E-state index in [4.69, 9.17) is 9.47 Å². The second-order valence-corrected chi connectivity index (χ2v) is 9.38. The molecule has 0 unspecified atom stereocenters. The summed E-state index contributed by atoms with van der Waals surface area (Å²) >= 11 is 0. The molecule has 0 spiro atoms. The van der Waals surface area contributed by atoms with Crippen molar-refractivity contribution in [1.29, 1.82) is 0 Å². The molecule has 150 valence electrons. The first kappa shape index (κ1) is 20.3. The Morgan fingerprint density at radius 3 is 2.41 bits per heavy atom. The Morgan fingerprint density at radius 2 is 1.81 bits per heavy atom. The number of hydrogen-bond donors (Lipinski definition) is 0. The van der Waals surface area contributed by atoms with Gasteiger partial charge < -0.3 is 14.4 Å². The highest BCUT2D eigenvalue weighted by atomic mass is 32.2. The number of hydrogen-bond acceptors (Lipinski definition) is 5. The van der Waals surface area contributed by atoms with E-state index in [0.29, 0.717) is 37.8 Å². The van der Waals surface area contributed by atoms with Gasteiger partial charge in [-0.2, -0.15) is 4.31 Å². The number of carbonyl (C=O) groups excluding carboxylic acids is 1. The predicted octanol–water partition coefficient (Wildman–Crippen LogP) is 1.94. The first-order valence-corrected chi connectivity index (χ1v) is 10.9. The number of benzene rings is 1. The van der Waals surface area contributed by atoms with Crippen LogP contribution in [0, 0.1) is 5.92 Å². The number of likely N-dealkylation sites (tertiary alicyclic amines) is 1. The third-order valence-electron chi connectivity index (χ3n) is 5.34. The van der Waals surface area contributed by atoms with Gasteiger partial charge in [0.2, 0.25) is 10.0 Å². The summed E-state index contributed by atoms with van der Waals surface area (Å²) in [6.07, 6.45) is 1.50. The molecule has 0 bridgehead atoms. The van der Waals surface area contributed by atoms with Crippen molar-refractivity contribution >= 4 is 15.9 Å². The number of carbonyl (C=O) groups is 1. The minimum Gasteiger partial charge on any atom is -0.350 e. The quantitative estimate of drug-likeness (QED) is 0.760. The number of sulfonamides is 1. The van der Waals surface area contributed by atoms with E-state index in [9.17, 15) is 13.2 Å². The van der Waals surface area contributed by atoms with Crippen molar-refractivity contribution in [1.82, 2.24) is 9.21 Å². The van der Waals surface area contributed by atoms with Crippen LogP contribution >= 0.6 is 0 Å². The van der Waals surface area contributed by atoms with Crippen LogP contribution in [0.25, 0.3) is 0 Å². The molecular weight excluding hydrogens is 368 g/mol. The van der Waals surface area contributed by atoms with E-state index in [-0.39, 0.29) is 23.1 Å². The maximum Gasteiger partial charge on any atom is 0.253 e. The van der Waals surface area contributed by atoms with Gasteiger partial charge >= 0.3 is 0 Å². The average molecular weight is 397 g/mol. The number of nitrogens with zero attached hydrogens (tertiary/aromatic N) is 2. The topological polar surface area (TPSA) is 76.2 Å². The molecule has 2 fully saturated rings. The summed E-state index contributed by atoms with van der Waals surface area (Å²) < 4.78 is 37.8. The van der Waals surface area contributed by atoms with Crippen LogP contribution in [-0.4, -0.2) is 69.2 Å². The van der Waals surface area contributed by atoms with Gasteiger partial charge in [-0.05, 0) is 44.9 Å². The predicted molar refractivity (Wildman–Crippen MR) is 101 cm³/mol. The van der Waals surface area contributed by atoms with Gasteiger partial charge in [0, 0.05) is 37.7 Å². The second kappa shape index (κ2) is 8.26. The zero-order valence-corrected chi connectivity index (χ0v) is 16.9. The molecule has 8 heteroatoms. The van der Waals surface area contributed by atoms with Gasteiger partial charge in [0.05, 0.1) is 18.1 Å². The maximum atomic E-state index is 12.9. The summed E-state index contributed by atoms with van der Waals surface area (Å²) in [5, 5.41) is 0.